The molecule has 0 aromatic heterocycles. The molecule has 9 heteroatoms. The van der Waals surface area contributed by atoms with Crippen LogP contribution in [0.2, 0.25) is 0 Å². The number of carbonyl (C=O) groups is 2. The van der Waals surface area contributed by atoms with Crippen LogP contribution in [-0.2, 0) is 30.8 Å². The quantitative estimate of drug-likeness (QED) is 0.770. The van der Waals surface area contributed by atoms with Crippen molar-refractivity contribution >= 4 is 22.0 Å². The third-order valence-corrected chi connectivity index (χ3v) is 7.30. The maximum Gasteiger partial charge on any atom is 0.311 e. The molecule has 3 rings (SSSR count). The molecule has 2 atom stereocenters. The van der Waals surface area contributed by atoms with Gasteiger partial charge in [0.2, 0.25) is 10.0 Å². The lowest BCUT2D eigenvalue weighted by atomic mass is 9.81. The highest BCUT2D eigenvalue weighted by molar-refractivity contribution is 7.89. The standard InChI is InChI=1S/C17H20FNO6S/c1-25-15(20)7-11-4-5-13(8-14(11)18)26(23,24)19-9-12-3-2-6-17(12,10-19)16(21)22/h4-5,8,12H,2-3,6-7,9-10H2,1H3,(H,21,22)/t12-,17+/m0/s1. The lowest BCUT2D eigenvalue weighted by Crippen LogP contribution is -2.37. The zero-order valence-electron chi connectivity index (χ0n) is 14.3. The molecule has 1 saturated carbocycles. The molecule has 7 nitrogen and oxygen atoms in total. The van der Waals surface area contributed by atoms with E-state index >= 15 is 0 Å². The van der Waals surface area contributed by atoms with Gasteiger partial charge >= 0.3 is 11.9 Å². The number of carboxylic acids is 1. The number of aliphatic carboxylic acids is 1. The second-order valence-corrected chi connectivity index (χ2v) is 8.79. The van der Waals surface area contributed by atoms with Crippen molar-refractivity contribution in [2.45, 2.75) is 30.6 Å². The van der Waals surface area contributed by atoms with Crippen LogP contribution < -0.4 is 0 Å². The summed E-state index contributed by atoms with van der Waals surface area (Å²) < 4.78 is 45.5. The van der Waals surface area contributed by atoms with Gasteiger partial charge in [-0.3, -0.25) is 9.59 Å². The number of hydrogen-bond acceptors (Lipinski definition) is 5. The number of halogens is 1. The molecular formula is C17H20FNO6S. The van der Waals surface area contributed by atoms with Crippen molar-refractivity contribution in [2.75, 3.05) is 20.2 Å². The molecule has 0 bridgehead atoms. The molecule has 1 heterocycles. The highest BCUT2D eigenvalue weighted by atomic mass is 32.2. The second-order valence-electron chi connectivity index (χ2n) is 6.85. The zero-order valence-corrected chi connectivity index (χ0v) is 15.1. The highest BCUT2D eigenvalue weighted by Crippen LogP contribution is 2.50. The van der Waals surface area contributed by atoms with Crippen LogP contribution in [0.5, 0.6) is 0 Å². The fourth-order valence-corrected chi connectivity index (χ4v) is 5.55. The lowest BCUT2D eigenvalue weighted by Gasteiger charge is -2.23. The normalized spacial score (nSPS) is 25.8. The van der Waals surface area contributed by atoms with Crippen molar-refractivity contribution < 1.29 is 32.2 Å². The molecule has 1 aromatic carbocycles. The molecule has 1 aliphatic heterocycles. The van der Waals surface area contributed by atoms with Gasteiger partial charge < -0.3 is 9.84 Å². The van der Waals surface area contributed by atoms with Crippen molar-refractivity contribution in [2.24, 2.45) is 11.3 Å². The average molecular weight is 385 g/mol. The number of carboxylic acid groups (broad SMARTS) is 1. The molecule has 1 saturated heterocycles. The van der Waals surface area contributed by atoms with Gasteiger partial charge in [0.25, 0.3) is 0 Å². The number of sulfonamides is 1. The van der Waals surface area contributed by atoms with E-state index < -0.39 is 33.2 Å². The highest BCUT2D eigenvalue weighted by Gasteiger charge is 2.57. The van der Waals surface area contributed by atoms with Crippen molar-refractivity contribution in [3.63, 3.8) is 0 Å². The van der Waals surface area contributed by atoms with Crippen LogP contribution in [-0.4, -0.2) is 50.0 Å². The summed E-state index contributed by atoms with van der Waals surface area (Å²) in [5, 5.41) is 9.59. The van der Waals surface area contributed by atoms with E-state index in [2.05, 4.69) is 4.74 Å². The van der Waals surface area contributed by atoms with Gasteiger partial charge in [-0.1, -0.05) is 12.5 Å². The first-order chi connectivity index (χ1) is 12.2. The molecule has 1 N–H and O–H groups in total. The number of methoxy groups -OCH3 is 1. The summed E-state index contributed by atoms with van der Waals surface area (Å²) in [5.74, 6) is -2.64. The molecule has 1 aromatic rings. The lowest BCUT2D eigenvalue weighted by molar-refractivity contribution is -0.149. The van der Waals surface area contributed by atoms with Crippen LogP contribution in [0.15, 0.2) is 23.1 Å². The Hall–Kier alpha value is -2.00. The van der Waals surface area contributed by atoms with Crippen LogP contribution in [0.1, 0.15) is 24.8 Å². The molecule has 0 amide bonds. The number of rotatable bonds is 5. The Bertz CT molecular complexity index is 855. The molecule has 2 fully saturated rings. The molecule has 0 spiro atoms. The Morgan fingerprint density at radius 2 is 2.15 bits per heavy atom. The molecular weight excluding hydrogens is 365 g/mol. The Kier molecular flexibility index (Phi) is 4.78. The monoisotopic (exact) mass is 385 g/mol. The van der Waals surface area contributed by atoms with Gasteiger partial charge in [-0.15, -0.1) is 0 Å². The summed E-state index contributed by atoms with van der Waals surface area (Å²) in [4.78, 5) is 22.7. The fraction of sp³-hybridized carbons (Fsp3) is 0.529. The number of ether oxygens (including phenoxy) is 1. The smallest absolute Gasteiger partial charge is 0.311 e. The predicted molar refractivity (Wildman–Crippen MR) is 88.3 cm³/mol. The van der Waals surface area contributed by atoms with E-state index in [-0.39, 0.29) is 35.9 Å². The maximum atomic E-state index is 14.2. The Morgan fingerprint density at radius 3 is 2.73 bits per heavy atom. The largest absolute Gasteiger partial charge is 0.481 e. The first-order valence-corrected chi connectivity index (χ1v) is 9.73. The third-order valence-electron chi connectivity index (χ3n) is 5.49. The molecule has 0 unspecified atom stereocenters. The van der Waals surface area contributed by atoms with Crippen LogP contribution in [0.25, 0.3) is 0 Å². The SMILES string of the molecule is COC(=O)Cc1ccc(S(=O)(=O)N2C[C@@H]3CCC[C@@]3(C(=O)O)C2)cc1F. The third kappa shape index (κ3) is 2.99. The van der Waals surface area contributed by atoms with Gasteiger partial charge in [-0.2, -0.15) is 4.31 Å². The van der Waals surface area contributed by atoms with Crippen LogP contribution in [0.4, 0.5) is 4.39 Å². The van der Waals surface area contributed by atoms with Crippen LogP contribution >= 0.6 is 0 Å². The van der Waals surface area contributed by atoms with E-state index in [0.29, 0.717) is 12.8 Å². The summed E-state index contributed by atoms with van der Waals surface area (Å²) in [6, 6.07) is 3.34. The average Bonchev–Trinajstić information content (AvgIpc) is 3.15. The summed E-state index contributed by atoms with van der Waals surface area (Å²) in [5.41, 5.74) is -1.01. The van der Waals surface area contributed by atoms with Crippen molar-refractivity contribution in [3.05, 3.63) is 29.6 Å². The van der Waals surface area contributed by atoms with E-state index in [0.717, 1.165) is 16.8 Å². The Labute approximate surface area is 150 Å². The maximum absolute atomic E-state index is 14.2. The van der Waals surface area contributed by atoms with E-state index in [9.17, 15) is 27.5 Å². The molecule has 1 aliphatic carbocycles. The van der Waals surface area contributed by atoms with Gasteiger partial charge in [0.15, 0.2) is 0 Å². The Balaban J connectivity index is 1.86. The number of nitrogens with zero attached hydrogens (tertiary/aromatic N) is 1. The summed E-state index contributed by atoms with van der Waals surface area (Å²) in [6.07, 6.45) is 1.59. The number of carbonyl (C=O) groups excluding carboxylic acids is 1. The van der Waals surface area contributed by atoms with Gasteiger partial charge in [-0.05, 0) is 36.5 Å². The second kappa shape index (κ2) is 6.62. The molecule has 2 aliphatic rings. The zero-order chi connectivity index (χ0) is 19.1. The summed E-state index contributed by atoms with van der Waals surface area (Å²) in [6.45, 7) is 0.0288. The number of benzene rings is 1. The molecule has 26 heavy (non-hydrogen) atoms. The van der Waals surface area contributed by atoms with Gasteiger partial charge in [0.05, 0.1) is 23.8 Å². The number of hydrogen-bond donors (Lipinski definition) is 1. The van der Waals surface area contributed by atoms with Crippen molar-refractivity contribution in [1.82, 2.24) is 4.31 Å². The van der Waals surface area contributed by atoms with E-state index in [1.807, 2.05) is 0 Å². The minimum atomic E-state index is -4.01. The number of esters is 1. The summed E-state index contributed by atoms with van der Waals surface area (Å²) >= 11 is 0. The fourth-order valence-electron chi connectivity index (χ4n) is 3.98. The minimum absolute atomic E-state index is 0.0381. The first-order valence-electron chi connectivity index (χ1n) is 8.29. The van der Waals surface area contributed by atoms with Gasteiger partial charge in [0, 0.05) is 13.1 Å². The van der Waals surface area contributed by atoms with E-state index in [4.69, 9.17) is 0 Å². The van der Waals surface area contributed by atoms with Crippen molar-refractivity contribution in [3.8, 4) is 0 Å². The van der Waals surface area contributed by atoms with Crippen LogP contribution in [0.3, 0.4) is 0 Å². The topological polar surface area (TPSA) is 101 Å². The molecule has 0 radical (unpaired) electrons. The van der Waals surface area contributed by atoms with Gasteiger partial charge in [0.1, 0.15) is 5.82 Å². The van der Waals surface area contributed by atoms with Gasteiger partial charge in [-0.25, -0.2) is 12.8 Å². The summed E-state index contributed by atoms with van der Waals surface area (Å²) in [7, 11) is -2.83. The van der Waals surface area contributed by atoms with E-state index in [1.54, 1.807) is 0 Å². The molecule has 142 valence electrons. The predicted octanol–water partition coefficient (Wildman–Crippen LogP) is 1.42. The van der Waals surface area contributed by atoms with Crippen LogP contribution in [0, 0.1) is 17.2 Å². The first kappa shape index (κ1) is 18.8. The minimum Gasteiger partial charge on any atom is -0.481 e. The number of fused-ring (bicyclic) bond motifs is 1. The van der Waals surface area contributed by atoms with E-state index in [1.165, 1.54) is 19.2 Å². The van der Waals surface area contributed by atoms with Crippen molar-refractivity contribution in [1.29, 1.82) is 0 Å². The Morgan fingerprint density at radius 1 is 1.42 bits per heavy atom.